The molecule has 0 aliphatic heterocycles. The molecule has 0 bridgehead atoms. The van der Waals surface area contributed by atoms with E-state index in [9.17, 15) is 4.79 Å². The maximum absolute atomic E-state index is 12.4. The number of amides is 1. The fourth-order valence-corrected chi connectivity index (χ4v) is 4.05. The number of aromatic nitrogens is 3. The van der Waals surface area contributed by atoms with Crippen molar-refractivity contribution in [2.24, 2.45) is 0 Å². The summed E-state index contributed by atoms with van der Waals surface area (Å²) in [5.74, 6) is 0.626. The second-order valence-electron chi connectivity index (χ2n) is 7.68. The van der Waals surface area contributed by atoms with Crippen molar-refractivity contribution in [1.82, 2.24) is 20.1 Å². The SMILES string of the molecule is Cc1cc(C)n(-c2ccc(CCNC(=O)c3ccc(OCc4csc(C)n4)cc3)cc2)n1. The predicted octanol–water partition coefficient (Wildman–Crippen LogP) is 4.81. The van der Waals surface area contributed by atoms with Crippen molar-refractivity contribution in [3.63, 3.8) is 0 Å². The molecule has 0 unspecified atom stereocenters. The average Bonchev–Trinajstić information content (AvgIpc) is 3.37. The molecule has 2 aromatic carbocycles. The molecule has 32 heavy (non-hydrogen) atoms. The Bertz CT molecular complexity index is 1190. The lowest BCUT2D eigenvalue weighted by molar-refractivity contribution is 0.0954. The van der Waals surface area contributed by atoms with Gasteiger partial charge in [0.2, 0.25) is 0 Å². The van der Waals surface area contributed by atoms with Crippen LogP contribution in [0.4, 0.5) is 0 Å². The van der Waals surface area contributed by atoms with Gasteiger partial charge in [-0.1, -0.05) is 12.1 Å². The summed E-state index contributed by atoms with van der Waals surface area (Å²) in [6.07, 6.45) is 0.761. The summed E-state index contributed by atoms with van der Waals surface area (Å²) in [7, 11) is 0. The van der Waals surface area contributed by atoms with Crippen LogP contribution in [0.25, 0.3) is 5.69 Å². The standard InChI is InChI=1S/C25H26N4O2S/c1-17-14-18(2)29(28-17)23-8-4-20(5-9-23)12-13-26-25(30)21-6-10-24(11-7-21)31-15-22-16-32-19(3)27-22/h4-11,14,16H,12-13,15H2,1-3H3,(H,26,30). The monoisotopic (exact) mass is 446 g/mol. The van der Waals surface area contributed by atoms with Gasteiger partial charge < -0.3 is 10.1 Å². The summed E-state index contributed by atoms with van der Waals surface area (Å²) in [5.41, 5.74) is 5.84. The summed E-state index contributed by atoms with van der Waals surface area (Å²) in [6, 6.07) is 17.5. The van der Waals surface area contributed by atoms with Crippen LogP contribution in [0, 0.1) is 20.8 Å². The van der Waals surface area contributed by atoms with Crippen LogP contribution in [0.2, 0.25) is 0 Å². The largest absolute Gasteiger partial charge is 0.487 e. The minimum atomic E-state index is -0.0917. The molecule has 0 saturated heterocycles. The summed E-state index contributed by atoms with van der Waals surface area (Å²) >= 11 is 1.60. The summed E-state index contributed by atoms with van der Waals surface area (Å²) in [4.78, 5) is 16.8. The molecule has 1 N–H and O–H groups in total. The fraction of sp³-hybridized carbons (Fsp3) is 0.240. The highest BCUT2D eigenvalue weighted by molar-refractivity contribution is 7.09. The topological polar surface area (TPSA) is 69.0 Å². The van der Waals surface area contributed by atoms with Gasteiger partial charge in [-0.3, -0.25) is 4.79 Å². The number of ether oxygens (including phenoxy) is 1. The number of thiazole rings is 1. The zero-order valence-electron chi connectivity index (χ0n) is 18.5. The molecule has 0 radical (unpaired) electrons. The van der Waals surface area contributed by atoms with Gasteiger partial charge in [-0.25, -0.2) is 9.67 Å². The van der Waals surface area contributed by atoms with Crippen LogP contribution < -0.4 is 10.1 Å². The third kappa shape index (κ3) is 5.42. The van der Waals surface area contributed by atoms with Crippen molar-refractivity contribution in [2.75, 3.05) is 6.54 Å². The molecule has 0 fully saturated rings. The lowest BCUT2D eigenvalue weighted by atomic mass is 10.1. The zero-order valence-corrected chi connectivity index (χ0v) is 19.3. The van der Waals surface area contributed by atoms with Crippen molar-refractivity contribution >= 4 is 17.2 Å². The number of rotatable bonds is 8. The van der Waals surface area contributed by atoms with Gasteiger partial charge in [-0.05, 0) is 75.2 Å². The van der Waals surface area contributed by atoms with Gasteiger partial charge in [-0.15, -0.1) is 11.3 Å². The number of aryl methyl sites for hydroxylation is 3. The molecule has 2 heterocycles. The Morgan fingerprint density at radius 2 is 1.81 bits per heavy atom. The first-order chi connectivity index (χ1) is 15.5. The van der Waals surface area contributed by atoms with Crippen LogP contribution >= 0.6 is 11.3 Å². The van der Waals surface area contributed by atoms with E-state index >= 15 is 0 Å². The van der Waals surface area contributed by atoms with Gasteiger partial charge in [0.1, 0.15) is 12.4 Å². The van der Waals surface area contributed by atoms with E-state index < -0.39 is 0 Å². The van der Waals surface area contributed by atoms with Gasteiger partial charge in [0.25, 0.3) is 5.91 Å². The second kappa shape index (κ2) is 9.78. The molecule has 2 aromatic heterocycles. The lowest BCUT2D eigenvalue weighted by Gasteiger charge is -2.09. The van der Waals surface area contributed by atoms with Crippen LogP contribution in [0.15, 0.2) is 60.0 Å². The van der Waals surface area contributed by atoms with Gasteiger partial charge in [0, 0.05) is 23.2 Å². The maximum atomic E-state index is 12.4. The van der Waals surface area contributed by atoms with E-state index in [4.69, 9.17) is 4.74 Å². The summed E-state index contributed by atoms with van der Waals surface area (Å²) in [5, 5.41) is 10.5. The van der Waals surface area contributed by atoms with Gasteiger partial charge >= 0.3 is 0 Å². The minimum absolute atomic E-state index is 0.0917. The molecule has 0 saturated carbocycles. The first-order valence-electron chi connectivity index (χ1n) is 10.5. The van der Waals surface area contributed by atoms with Crippen molar-refractivity contribution < 1.29 is 9.53 Å². The number of nitrogens with zero attached hydrogens (tertiary/aromatic N) is 3. The quantitative estimate of drug-likeness (QED) is 0.422. The normalized spacial score (nSPS) is 10.8. The number of nitrogens with one attached hydrogen (secondary N) is 1. The molecule has 7 heteroatoms. The molecule has 6 nitrogen and oxygen atoms in total. The van der Waals surface area contributed by atoms with E-state index in [0.717, 1.165) is 45.5 Å². The molecular weight excluding hydrogens is 420 g/mol. The highest BCUT2D eigenvalue weighted by atomic mass is 32.1. The number of hydrogen-bond donors (Lipinski definition) is 1. The highest BCUT2D eigenvalue weighted by Gasteiger charge is 2.07. The van der Waals surface area contributed by atoms with Gasteiger partial charge in [0.15, 0.2) is 0 Å². The Labute approximate surface area is 191 Å². The molecule has 4 rings (SSSR count). The Morgan fingerprint density at radius 3 is 2.44 bits per heavy atom. The molecule has 4 aromatic rings. The number of carbonyl (C=O) groups excluding carboxylic acids is 1. The third-order valence-electron chi connectivity index (χ3n) is 5.06. The van der Waals surface area contributed by atoms with E-state index in [1.807, 2.05) is 43.0 Å². The smallest absolute Gasteiger partial charge is 0.251 e. The van der Waals surface area contributed by atoms with E-state index in [1.54, 1.807) is 23.5 Å². The Balaban J connectivity index is 1.25. The van der Waals surface area contributed by atoms with Crippen molar-refractivity contribution in [1.29, 1.82) is 0 Å². The zero-order chi connectivity index (χ0) is 22.5. The van der Waals surface area contributed by atoms with Crippen LogP contribution in [-0.4, -0.2) is 27.2 Å². The predicted molar refractivity (Wildman–Crippen MR) is 127 cm³/mol. The number of benzene rings is 2. The molecule has 164 valence electrons. The Hall–Kier alpha value is -3.45. The molecule has 1 amide bonds. The van der Waals surface area contributed by atoms with E-state index in [2.05, 4.69) is 45.7 Å². The van der Waals surface area contributed by atoms with Gasteiger partial charge in [0.05, 0.1) is 22.1 Å². The molecular formula is C25H26N4O2S. The van der Waals surface area contributed by atoms with Crippen LogP contribution in [0.1, 0.15) is 38.0 Å². The summed E-state index contributed by atoms with van der Waals surface area (Å²) in [6.45, 7) is 7.00. The first kappa shape index (κ1) is 21.8. The third-order valence-corrected chi connectivity index (χ3v) is 5.88. The second-order valence-corrected chi connectivity index (χ2v) is 8.74. The van der Waals surface area contributed by atoms with Crippen LogP contribution in [-0.2, 0) is 13.0 Å². The van der Waals surface area contributed by atoms with E-state index in [1.165, 1.54) is 0 Å². The lowest BCUT2D eigenvalue weighted by Crippen LogP contribution is -2.25. The average molecular weight is 447 g/mol. The highest BCUT2D eigenvalue weighted by Crippen LogP contribution is 2.16. The fourth-order valence-electron chi connectivity index (χ4n) is 3.45. The van der Waals surface area contributed by atoms with Crippen molar-refractivity contribution in [2.45, 2.75) is 33.8 Å². The minimum Gasteiger partial charge on any atom is -0.487 e. The van der Waals surface area contributed by atoms with Crippen LogP contribution in [0.5, 0.6) is 5.75 Å². The number of hydrogen-bond acceptors (Lipinski definition) is 5. The number of carbonyl (C=O) groups is 1. The molecule has 0 aliphatic rings. The first-order valence-corrected chi connectivity index (χ1v) is 11.4. The Morgan fingerprint density at radius 1 is 1.06 bits per heavy atom. The maximum Gasteiger partial charge on any atom is 0.251 e. The van der Waals surface area contributed by atoms with E-state index in [-0.39, 0.29) is 5.91 Å². The van der Waals surface area contributed by atoms with Gasteiger partial charge in [-0.2, -0.15) is 5.10 Å². The Kier molecular flexibility index (Phi) is 6.66. The van der Waals surface area contributed by atoms with E-state index in [0.29, 0.717) is 18.7 Å². The van der Waals surface area contributed by atoms with Crippen LogP contribution in [0.3, 0.4) is 0 Å². The van der Waals surface area contributed by atoms with Crippen molar-refractivity contribution in [3.05, 3.63) is 93.2 Å². The molecule has 0 aliphatic carbocycles. The molecule has 0 spiro atoms. The molecule has 0 atom stereocenters. The summed E-state index contributed by atoms with van der Waals surface area (Å²) < 4.78 is 7.67. The van der Waals surface area contributed by atoms with Crippen molar-refractivity contribution in [3.8, 4) is 11.4 Å².